The molecule has 0 amide bonds. The Kier molecular flexibility index (Phi) is 5.93. The summed E-state index contributed by atoms with van der Waals surface area (Å²) < 4.78 is 0. The Labute approximate surface area is 158 Å². The van der Waals surface area contributed by atoms with Gasteiger partial charge in [-0.05, 0) is 44.1 Å². The van der Waals surface area contributed by atoms with Gasteiger partial charge in [0.05, 0.1) is 0 Å². The van der Waals surface area contributed by atoms with Crippen molar-refractivity contribution in [2.45, 2.75) is 76.8 Å². The van der Waals surface area contributed by atoms with Gasteiger partial charge in [-0.2, -0.15) is 4.98 Å². The molecule has 0 spiro atoms. The highest BCUT2D eigenvalue weighted by Gasteiger charge is 2.32. The van der Waals surface area contributed by atoms with E-state index in [0.717, 1.165) is 43.4 Å². The Morgan fingerprint density at radius 3 is 2.58 bits per heavy atom. The van der Waals surface area contributed by atoms with E-state index in [1.165, 1.54) is 64.3 Å². The zero-order valence-electron chi connectivity index (χ0n) is 16.4. The highest BCUT2D eigenvalue weighted by atomic mass is 15.3. The van der Waals surface area contributed by atoms with Crippen LogP contribution in [0.3, 0.4) is 0 Å². The van der Waals surface area contributed by atoms with Crippen molar-refractivity contribution in [2.75, 3.05) is 36.4 Å². The number of likely N-dealkylation sites (tertiary alicyclic amines) is 1. The first-order chi connectivity index (χ1) is 12.8. The molecule has 4 rings (SSSR count). The van der Waals surface area contributed by atoms with E-state index in [1.54, 1.807) is 0 Å². The largest absolute Gasteiger partial charge is 0.356 e. The highest BCUT2D eigenvalue weighted by molar-refractivity contribution is 5.43. The Morgan fingerprint density at radius 2 is 1.77 bits per heavy atom. The minimum absolute atomic E-state index is 0.489. The third-order valence-corrected chi connectivity index (χ3v) is 6.66. The summed E-state index contributed by atoms with van der Waals surface area (Å²) in [5.41, 5.74) is 0. The zero-order chi connectivity index (χ0) is 17.8. The number of nitrogens with zero attached hydrogens (tertiary/aromatic N) is 4. The van der Waals surface area contributed by atoms with Crippen LogP contribution in [0, 0.1) is 5.92 Å². The Morgan fingerprint density at radius 1 is 0.962 bits per heavy atom. The molecule has 3 aliphatic rings. The van der Waals surface area contributed by atoms with E-state index < -0.39 is 0 Å². The second-order valence-corrected chi connectivity index (χ2v) is 8.59. The smallest absolute Gasteiger partial charge is 0.224 e. The third kappa shape index (κ3) is 4.30. The minimum atomic E-state index is 0.489. The maximum Gasteiger partial charge on any atom is 0.224 e. The van der Waals surface area contributed by atoms with Gasteiger partial charge in [-0.1, -0.05) is 32.6 Å². The Hall–Kier alpha value is -1.36. The van der Waals surface area contributed by atoms with Gasteiger partial charge < -0.3 is 10.2 Å². The molecule has 1 aromatic heterocycles. The lowest BCUT2D eigenvalue weighted by atomic mass is 9.85. The highest BCUT2D eigenvalue weighted by Crippen LogP contribution is 2.30. The van der Waals surface area contributed by atoms with Gasteiger partial charge >= 0.3 is 0 Å². The fraction of sp³-hybridized carbons (Fsp3) is 0.810. The van der Waals surface area contributed by atoms with Crippen molar-refractivity contribution < 1.29 is 0 Å². The van der Waals surface area contributed by atoms with E-state index in [1.807, 2.05) is 6.20 Å². The van der Waals surface area contributed by atoms with Crippen LogP contribution in [-0.4, -0.2) is 53.1 Å². The van der Waals surface area contributed by atoms with E-state index in [2.05, 4.69) is 33.1 Å². The van der Waals surface area contributed by atoms with E-state index in [0.29, 0.717) is 6.04 Å². The number of rotatable bonds is 4. The lowest BCUT2D eigenvalue weighted by Crippen LogP contribution is -2.41. The summed E-state index contributed by atoms with van der Waals surface area (Å²) in [6.45, 7) is 7.07. The molecule has 1 aliphatic carbocycles. The molecule has 3 fully saturated rings. The van der Waals surface area contributed by atoms with Crippen LogP contribution in [0.2, 0.25) is 0 Å². The van der Waals surface area contributed by atoms with E-state index in [4.69, 9.17) is 4.98 Å². The van der Waals surface area contributed by atoms with Crippen LogP contribution in [0.5, 0.6) is 0 Å². The molecule has 1 N–H and O–H groups in total. The van der Waals surface area contributed by atoms with Gasteiger partial charge in [-0.15, -0.1) is 0 Å². The molecule has 5 nitrogen and oxygen atoms in total. The number of anilines is 2. The fourth-order valence-corrected chi connectivity index (χ4v) is 5.12. The number of aromatic nitrogens is 2. The van der Waals surface area contributed by atoms with Crippen LogP contribution in [0.1, 0.15) is 64.7 Å². The van der Waals surface area contributed by atoms with Crippen molar-refractivity contribution in [1.29, 1.82) is 0 Å². The van der Waals surface area contributed by atoms with Gasteiger partial charge in [0.15, 0.2) is 0 Å². The predicted octanol–water partition coefficient (Wildman–Crippen LogP) is 3.92. The van der Waals surface area contributed by atoms with Gasteiger partial charge in [0.2, 0.25) is 5.95 Å². The minimum Gasteiger partial charge on any atom is -0.356 e. The molecule has 144 valence electrons. The molecule has 1 aromatic rings. The van der Waals surface area contributed by atoms with Gasteiger partial charge in [-0.3, -0.25) is 4.90 Å². The molecule has 3 atom stereocenters. The normalized spacial score (nSPS) is 31.0. The SMILES string of the molecule is CC1CCCCC1N1CCC(Nc2nccc(N3CCCCCC3)n2)C1. The summed E-state index contributed by atoms with van der Waals surface area (Å²) in [4.78, 5) is 14.5. The van der Waals surface area contributed by atoms with Gasteiger partial charge in [0, 0.05) is 44.5 Å². The van der Waals surface area contributed by atoms with Crippen LogP contribution in [0.15, 0.2) is 12.3 Å². The first kappa shape index (κ1) is 18.0. The zero-order valence-corrected chi connectivity index (χ0v) is 16.4. The van der Waals surface area contributed by atoms with Crippen molar-refractivity contribution in [3.63, 3.8) is 0 Å². The predicted molar refractivity (Wildman–Crippen MR) is 108 cm³/mol. The maximum absolute atomic E-state index is 4.84. The Balaban J connectivity index is 1.35. The third-order valence-electron chi connectivity index (χ3n) is 6.66. The van der Waals surface area contributed by atoms with Gasteiger partial charge in [0.25, 0.3) is 0 Å². The van der Waals surface area contributed by atoms with Crippen LogP contribution in [0.25, 0.3) is 0 Å². The molecule has 0 aromatic carbocycles. The first-order valence-corrected chi connectivity index (χ1v) is 10.9. The number of hydrogen-bond acceptors (Lipinski definition) is 5. The van der Waals surface area contributed by atoms with Crippen molar-refractivity contribution in [2.24, 2.45) is 5.92 Å². The molecule has 2 saturated heterocycles. The average Bonchev–Trinajstić information content (AvgIpc) is 2.94. The van der Waals surface area contributed by atoms with Crippen molar-refractivity contribution in [1.82, 2.24) is 14.9 Å². The average molecular weight is 358 g/mol. The lowest BCUT2D eigenvalue weighted by molar-refractivity contribution is 0.137. The molecule has 0 bridgehead atoms. The second-order valence-electron chi connectivity index (χ2n) is 8.59. The van der Waals surface area contributed by atoms with Crippen LogP contribution in [-0.2, 0) is 0 Å². The van der Waals surface area contributed by atoms with E-state index in [-0.39, 0.29) is 0 Å². The number of nitrogens with one attached hydrogen (secondary N) is 1. The van der Waals surface area contributed by atoms with E-state index in [9.17, 15) is 0 Å². The standard InChI is InChI=1S/C21H35N5/c1-17-8-4-5-9-19(17)26-15-11-18(16-26)23-21-22-12-10-20(24-21)25-13-6-2-3-7-14-25/h10,12,17-19H,2-9,11,13-16H2,1H3,(H,22,23,24). The van der Waals surface area contributed by atoms with Crippen molar-refractivity contribution in [3.05, 3.63) is 12.3 Å². The second kappa shape index (κ2) is 8.55. The quantitative estimate of drug-likeness (QED) is 0.885. The molecular weight excluding hydrogens is 322 g/mol. The maximum atomic E-state index is 4.84. The molecule has 0 radical (unpaired) electrons. The van der Waals surface area contributed by atoms with Crippen LogP contribution >= 0.6 is 0 Å². The number of hydrogen-bond donors (Lipinski definition) is 1. The van der Waals surface area contributed by atoms with Crippen LogP contribution < -0.4 is 10.2 Å². The molecule has 3 unspecified atom stereocenters. The van der Waals surface area contributed by atoms with Gasteiger partial charge in [0.1, 0.15) is 5.82 Å². The summed E-state index contributed by atoms with van der Waals surface area (Å²) in [6.07, 6.45) is 14.0. The molecule has 1 saturated carbocycles. The summed E-state index contributed by atoms with van der Waals surface area (Å²) in [6, 6.07) is 3.35. The molecule has 5 heteroatoms. The lowest BCUT2D eigenvalue weighted by Gasteiger charge is -2.36. The summed E-state index contributed by atoms with van der Waals surface area (Å²) in [7, 11) is 0. The van der Waals surface area contributed by atoms with Crippen molar-refractivity contribution >= 4 is 11.8 Å². The topological polar surface area (TPSA) is 44.3 Å². The molecule has 3 heterocycles. The first-order valence-electron chi connectivity index (χ1n) is 10.9. The summed E-state index contributed by atoms with van der Waals surface area (Å²) in [5.74, 6) is 2.76. The van der Waals surface area contributed by atoms with Gasteiger partial charge in [-0.25, -0.2) is 4.98 Å². The summed E-state index contributed by atoms with van der Waals surface area (Å²) in [5, 5.41) is 3.63. The van der Waals surface area contributed by atoms with E-state index >= 15 is 0 Å². The Bertz CT molecular complexity index is 569. The van der Waals surface area contributed by atoms with Crippen molar-refractivity contribution in [3.8, 4) is 0 Å². The summed E-state index contributed by atoms with van der Waals surface area (Å²) >= 11 is 0. The fourth-order valence-electron chi connectivity index (χ4n) is 5.12. The van der Waals surface area contributed by atoms with Crippen LogP contribution in [0.4, 0.5) is 11.8 Å². The molecule has 26 heavy (non-hydrogen) atoms. The monoisotopic (exact) mass is 357 g/mol. The molecule has 2 aliphatic heterocycles. The molecular formula is C21H35N5.